The van der Waals surface area contributed by atoms with Crippen LogP contribution in [-0.2, 0) is 21.3 Å². The van der Waals surface area contributed by atoms with Crippen LogP contribution in [0, 0.1) is 12.7 Å². The highest BCUT2D eigenvalue weighted by molar-refractivity contribution is 7.89. The molecule has 1 aromatic carbocycles. The lowest BCUT2D eigenvalue weighted by Gasteiger charge is -2.09. The fraction of sp³-hybridized carbons (Fsp3) is 0.538. The van der Waals surface area contributed by atoms with Gasteiger partial charge in [-0.15, -0.1) is 0 Å². The van der Waals surface area contributed by atoms with E-state index < -0.39 is 10.0 Å². The average Bonchev–Trinajstić information content (AvgIpc) is 2.30. The maximum Gasteiger partial charge on any atom is 0.214 e. The predicted molar refractivity (Wildman–Crippen MR) is 72.9 cm³/mol. The van der Waals surface area contributed by atoms with E-state index in [4.69, 9.17) is 4.74 Å². The standard InChI is InChI=1S/C13H20FNO3S/c1-10(2)18-6-7-19(16,17)15-9-12-5-4-11(3)13(14)8-12/h4-5,8,10,15H,6-7,9H2,1-3H3. The van der Waals surface area contributed by atoms with Crippen LogP contribution in [0.15, 0.2) is 18.2 Å². The molecule has 0 amide bonds. The maximum atomic E-state index is 13.3. The normalized spacial score (nSPS) is 12.1. The Morgan fingerprint density at radius 3 is 2.63 bits per heavy atom. The fourth-order valence-electron chi connectivity index (χ4n) is 1.41. The molecule has 19 heavy (non-hydrogen) atoms. The van der Waals surface area contributed by atoms with Gasteiger partial charge in [-0.2, -0.15) is 0 Å². The first-order chi connectivity index (χ1) is 8.80. The van der Waals surface area contributed by atoms with Crippen molar-refractivity contribution >= 4 is 10.0 Å². The third-order valence-corrected chi connectivity index (χ3v) is 3.82. The van der Waals surface area contributed by atoms with E-state index in [1.807, 2.05) is 13.8 Å². The summed E-state index contributed by atoms with van der Waals surface area (Å²) in [5.41, 5.74) is 1.13. The van der Waals surface area contributed by atoms with Crippen molar-refractivity contribution in [1.29, 1.82) is 0 Å². The SMILES string of the molecule is Cc1ccc(CNS(=O)(=O)CCOC(C)C)cc1F. The van der Waals surface area contributed by atoms with Crippen LogP contribution >= 0.6 is 0 Å². The Bertz CT molecular complexity index is 515. The van der Waals surface area contributed by atoms with Gasteiger partial charge >= 0.3 is 0 Å². The third kappa shape index (κ3) is 6.13. The number of rotatable bonds is 7. The van der Waals surface area contributed by atoms with Crippen LogP contribution in [0.3, 0.4) is 0 Å². The first-order valence-corrected chi connectivity index (χ1v) is 7.79. The number of sulfonamides is 1. The van der Waals surface area contributed by atoms with Crippen molar-refractivity contribution in [1.82, 2.24) is 4.72 Å². The lowest BCUT2D eigenvalue weighted by Crippen LogP contribution is -2.28. The Labute approximate surface area is 114 Å². The van der Waals surface area contributed by atoms with Gasteiger partial charge in [0.15, 0.2) is 0 Å². The molecule has 0 heterocycles. The number of nitrogens with one attached hydrogen (secondary N) is 1. The molecule has 1 rings (SSSR count). The molecule has 0 aliphatic rings. The van der Waals surface area contributed by atoms with E-state index in [1.54, 1.807) is 19.1 Å². The molecule has 0 aliphatic carbocycles. The molecular formula is C13H20FNO3S. The van der Waals surface area contributed by atoms with E-state index in [1.165, 1.54) is 6.07 Å². The number of hydrogen-bond donors (Lipinski definition) is 1. The van der Waals surface area contributed by atoms with Crippen molar-refractivity contribution in [2.75, 3.05) is 12.4 Å². The lowest BCUT2D eigenvalue weighted by molar-refractivity contribution is 0.0911. The molecule has 0 aromatic heterocycles. The Kier molecular flexibility index (Phi) is 5.90. The van der Waals surface area contributed by atoms with Crippen LogP contribution in [0.5, 0.6) is 0 Å². The average molecular weight is 289 g/mol. The van der Waals surface area contributed by atoms with Crippen molar-refractivity contribution in [2.45, 2.75) is 33.4 Å². The molecule has 0 spiro atoms. The summed E-state index contributed by atoms with van der Waals surface area (Å²) in [7, 11) is -3.40. The topological polar surface area (TPSA) is 55.4 Å². The molecule has 0 saturated carbocycles. The number of benzene rings is 1. The molecule has 0 aliphatic heterocycles. The summed E-state index contributed by atoms with van der Waals surface area (Å²) in [6.45, 7) is 5.58. The van der Waals surface area contributed by atoms with Gasteiger partial charge in [0.1, 0.15) is 5.82 Å². The molecule has 1 N–H and O–H groups in total. The summed E-state index contributed by atoms with van der Waals surface area (Å²) < 4.78 is 44.2. The van der Waals surface area contributed by atoms with Crippen LogP contribution in [0.1, 0.15) is 25.0 Å². The van der Waals surface area contributed by atoms with Crippen LogP contribution < -0.4 is 4.72 Å². The second kappa shape index (κ2) is 6.98. The van der Waals surface area contributed by atoms with Gasteiger partial charge in [0.25, 0.3) is 0 Å². The second-order valence-corrected chi connectivity index (χ2v) is 6.57. The van der Waals surface area contributed by atoms with Crippen LogP contribution in [0.2, 0.25) is 0 Å². The molecule has 6 heteroatoms. The maximum absolute atomic E-state index is 13.3. The van der Waals surface area contributed by atoms with Crippen LogP contribution in [0.4, 0.5) is 4.39 Å². The number of ether oxygens (including phenoxy) is 1. The molecule has 0 unspecified atom stereocenters. The van der Waals surface area contributed by atoms with Gasteiger partial charge in [-0.25, -0.2) is 17.5 Å². The molecule has 0 atom stereocenters. The largest absolute Gasteiger partial charge is 0.378 e. The van der Waals surface area contributed by atoms with E-state index in [0.717, 1.165) is 0 Å². The minimum Gasteiger partial charge on any atom is -0.378 e. The van der Waals surface area contributed by atoms with Crippen molar-refractivity contribution in [3.8, 4) is 0 Å². The van der Waals surface area contributed by atoms with E-state index in [9.17, 15) is 12.8 Å². The first-order valence-electron chi connectivity index (χ1n) is 6.14. The highest BCUT2D eigenvalue weighted by Crippen LogP contribution is 2.09. The zero-order valence-electron chi connectivity index (χ0n) is 11.4. The van der Waals surface area contributed by atoms with Gasteiger partial charge < -0.3 is 4.74 Å². The van der Waals surface area contributed by atoms with E-state index in [0.29, 0.717) is 11.1 Å². The Balaban J connectivity index is 2.48. The van der Waals surface area contributed by atoms with E-state index in [-0.39, 0.29) is 30.8 Å². The van der Waals surface area contributed by atoms with Crippen molar-refractivity contribution in [3.05, 3.63) is 35.1 Å². The molecule has 4 nitrogen and oxygen atoms in total. The summed E-state index contributed by atoms with van der Waals surface area (Å²) in [5.74, 6) is -0.431. The Morgan fingerprint density at radius 2 is 2.05 bits per heavy atom. The molecule has 0 radical (unpaired) electrons. The molecular weight excluding hydrogens is 269 g/mol. The smallest absolute Gasteiger partial charge is 0.214 e. The van der Waals surface area contributed by atoms with Crippen LogP contribution in [0.25, 0.3) is 0 Å². The fourth-order valence-corrected chi connectivity index (χ4v) is 2.25. The van der Waals surface area contributed by atoms with Gasteiger partial charge in [0.2, 0.25) is 10.0 Å². The summed E-state index contributed by atoms with van der Waals surface area (Å²) in [6, 6.07) is 4.66. The minimum absolute atomic E-state index is 0.00129. The second-order valence-electron chi connectivity index (χ2n) is 4.64. The highest BCUT2D eigenvalue weighted by atomic mass is 32.2. The Morgan fingerprint density at radius 1 is 1.37 bits per heavy atom. The van der Waals surface area contributed by atoms with Crippen molar-refractivity contribution in [2.24, 2.45) is 0 Å². The zero-order chi connectivity index (χ0) is 14.5. The lowest BCUT2D eigenvalue weighted by atomic mass is 10.1. The van der Waals surface area contributed by atoms with Gasteiger partial charge in [0.05, 0.1) is 18.5 Å². The Hall–Kier alpha value is -0.980. The van der Waals surface area contributed by atoms with Gasteiger partial charge in [-0.3, -0.25) is 0 Å². The van der Waals surface area contributed by atoms with Gasteiger partial charge in [0, 0.05) is 6.54 Å². The molecule has 1 aromatic rings. The summed E-state index contributed by atoms with van der Waals surface area (Å²) >= 11 is 0. The van der Waals surface area contributed by atoms with Crippen molar-refractivity contribution in [3.63, 3.8) is 0 Å². The highest BCUT2D eigenvalue weighted by Gasteiger charge is 2.10. The zero-order valence-corrected chi connectivity index (χ0v) is 12.3. The summed E-state index contributed by atoms with van der Waals surface area (Å²) in [5, 5.41) is 0. The quantitative estimate of drug-likeness (QED) is 0.835. The number of hydrogen-bond acceptors (Lipinski definition) is 3. The minimum atomic E-state index is -3.40. The number of halogens is 1. The first kappa shape index (κ1) is 16.1. The van der Waals surface area contributed by atoms with E-state index >= 15 is 0 Å². The van der Waals surface area contributed by atoms with Crippen molar-refractivity contribution < 1.29 is 17.5 Å². The monoisotopic (exact) mass is 289 g/mol. The molecule has 0 fully saturated rings. The van der Waals surface area contributed by atoms with Crippen LogP contribution in [-0.4, -0.2) is 26.9 Å². The summed E-state index contributed by atoms with van der Waals surface area (Å²) in [6.07, 6.45) is 0.00129. The number of aryl methyl sites for hydroxylation is 1. The third-order valence-electron chi connectivity index (χ3n) is 2.54. The van der Waals surface area contributed by atoms with E-state index in [2.05, 4.69) is 4.72 Å². The predicted octanol–water partition coefficient (Wildman–Crippen LogP) is 1.98. The van der Waals surface area contributed by atoms with Gasteiger partial charge in [-0.1, -0.05) is 12.1 Å². The summed E-state index contributed by atoms with van der Waals surface area (Å²) in [4.78, 5) is 0. The van der Waals surface area contributed by atoms with Gasteiger partial charge in [-0.05, 0) is 38.0 Å². The molecule has 0 bridgehead atoms. The molecule has 0 saturated heterocycles. The molecule has 108 valence electrons.